The molecule has 0 aromatic heterocycles. The van der Waals surface area contributed by atoms with Crippen molar-refractivity contribution in [2.75, 3.05) is 13.4 Å². The standard InChI is InChI=1S/C10H6Cl4O3S/c1-17-9(15)3-5(11)7(13)4(10(16)18-2)8(14)6(3)12/h1-2H3. The summed E-state index contributed by atoms with van der Waals surface area (Å²) in [7, 11) is 1.16. The minimum absolute atomic E-state index is 0.0199. The van der Waals surface area contributed by atoms with E-state index in [9.17, 15) is 9.59 Å². The summed E-state index contributed by atoms with van der Waals surface area (Å²) in [6.07, 6.45) is 1.56. The third-order valence-corrected chi connectivity index (χ3v) is 4.32. The van der Waals surface area contributed by atoms with Crippen molar-refractivity contribution in [3.63, 3.8) is 0 Å². The Labute approximate surface area is 128 Å². The fraction of sp³-hybridized carbons (Fsp3) is 0.200. The Balaban J connectivity index is 3.66. The first-order chi connectivity index (χ1) is 8.36. The summed E-state index contributed by atoms with van der Waals surface area (Å²) in [6.45, 7) is 0. The van der Waals surface area contributed by atoms with E-state index in [1.165, 1.54) is 0 Å². The Kier molecular flexibility index (Phi) is 5.62. The largest absolute Gasteiger partial charge is 0.465 e. The topological polar surface area (TPSA) is 43.4 Å². The van der Waals surface area contributed by atoms with E-state index in [-0.39, 0.29) is 31.2 Å². The second-order valence-corrected chi connectivity index (χ2v) is 5.28. The maximum Gasteiger partial charge on any atom is 0.341 e. The van der Waals surface area contributed by atoms with Gasteiger partial charge in [-0.3, -0.25) is 4.79 Å². The first-order valence-corrected chi connectivity index (χ1v) is 7.13. The molecule has 1 aromatic carbocycles. The van der Waals surface area contributed by atoms with Crippen LogP contribution in [0.4, 0.5) is 0 Å². The third kappa shape index (κ3) is 2.73. The molecule has 0 saturated carbocycles. The summed E-state index contributed by atoms with van der Waals surface area (Å²) >= 11 is 24.6. The van der Waals surface area contributed by atoms with Crippen LogP contribution in [0.25, 0.3) is 0 Å². The number of carbonyl (C=O) groups is 2. The van der Waals surface area contributed by atoms with Crippen molar-refractivity contribution in [2.24, 2.45) is 0 Å². The molecule has 18 heavy (non-hydrogen) atoms. The zero-order valence-corrected chi connectivity index (χ0v) is 13.0. The number of esters is 1. The fourth-order valence-corrected chi connectivity index (χ4v) is 2.89. The number of methoxy groups -OCH3 is 1. The number of ether oxygens (including phenoxy) is 1. The van der Waals surface area contributed by atoms with Gasteiger partial charge in [-0.25, -0.2) is 4.79 Å². The lowest BCUT2D eigenvalue weighted by Crippen LogP contribution is -2.07. The van der Waals surface area contributed by atoms with Crippen molar-refractivity contribution in [2.45, 2.75) is 0 Å². The molecule has 0 heterocycles. The molecule has 0 saturated heterocycles. The van der Waals surface area contributed by atoms with Crippen molar-refractivity contribution in [3.8, 4) is 0 Å². The van der Waals surface area contributed by atoms with E-state index in [1.54, 1.807) is 6.26 Å². The Morgan fingerprint density at radius 3 is 1.67 bits per heavy atom. The monoisotopic (exact) mass is 346 g/mol. The molecular formula is C10H6Cl4O3S. The van der Waals surface area contributed by atoms with E-state index >= 15 is 0 Å². The molecule has 0 amide bonds. The average Bonchev–Trinajstić information content (AvgIpc) is 2.36. The summed E-state index contributed by atoms with van der Waals surface area (Å²) in [5.41, 5.74) is -0.179. The lowest BCUT2D eigenvalue weighted by atomic mass is 10.1. The van der Waals surface area contributed by atoms with Crippen LogP contribution in [0.3, 0.4) is 0 Å². The van der Waals surface area contributed by atoms with Crippen LogP contribution < -0.4 is 0 Å². The van der Waals surface area contributed by atoms with Crippen molar-refractivity contribution in [1.29, 1.82) is 0 Å². The summed E-state index contributed by atoms with van der Waals surface area (Å²) in [5.74, 6) is -0.781. The third-order valence-electron chi connectivity index (χ3n) is 2.04. The summed E-state index contributed by atoms with van der Waals surface area (Å²) in [4.78, 5) is 23.2. The van der Waals surface area contributed by atoms with Crippen LogP contribution in [0.15, 0.2) is 0 Å². The number of benzene rings is 1. The highest BCUT2D eigenvalue weighted by atomic mass is 35.5. The Morgan fingerprint density at radius 1 is 0.944 bits per heavy atom. The van der Waals surface area contributed by atoms with Crippen LogP contribution in [0.2, 0.25) is 20.1 Å². The van der Waals surface area contributed by atoms with Crippen molar-refractivity contribution in [1.82, 2.24) is 0 Å². The highest BCUT2D eigenvalue weighted by Gasteiger charge is 2.27. The molecule has 0 radical (unpaired) electrons. The maximum atomic E-state index is 11.7. The van der Waals surface area contributed by atoms with Gasteiger partial charge in [0.25, 0.3) is 0 Å². The molecule has 0 unspecified atom stereocenters. The van der Waals surface area contributed by atoms with Crippen molar-refractivity contribution >= 4 is 69.3 Å². The molecule has 0 spiro atoms. The SMILES string of the molecule is COC(=O)c1c(Cl)c(Cl)c(C(=O)SC)c(Cl)c1Cl. The predicted molar refractivity (Wildman–Crippen MR) is 75.7 cm³/mol. The van der Waals surface area contributed by atoms with Crippen LogP contribution in [0, 0.1) is 0 Å². The van der Waals surface area contributed by atoms with Crippen molar-refractivity contribution < 1.29 is 14.3 Å². The molecule has 0 aliphatic heterocycles. The number of halogens is 4. The molecule has 98 valence electrons. The van der Waals surface area contributed by atoms with E-state index < -0.39 is 11.1 Å². The molecule has 0 N–H and O–H groups in total. The van der Waals surface area contributed by atoms with Gasteiger partial charge in [-0.1, -0.05) is 58.2 Å². The lowest BCUT2D eigenvalue weighted by molar-refractivity contribution is 0.0601. The van der Waals surface area contributed by atoms with Gasteiger partial charge in [-0.15, -0.1) is 0 Å². The van der Waals surface area contributed by atoms with Gasteiger partial charge < -0.3 is 4.74 Å². The quantitative estimate of drug-likeness (QED) is 0.579. The average molecular weight is 348 g/mol. The molecule has 3 nitrogen and oxygen atoms in total. The summed E-state index contributed by atoms with van der Waals surface area (Å²) in [5, 5.41) is -0.951. The zero-order chi connectivity index (χ0) is 14.0. The van der Waals surface area contributed by atoms with Gasteiger partial charge >= 0.3 is 5.97 Å². The maximum absolute atomic E-state index is 11.7. The zero-order valence-electron chi connectivity index (χ0n) is 9.14. The Hall–Kier alpha value is -0.130. The second kappa shape index (κ2) is 6.35. The highest BCUT2D eigenvalue weighted by molar-refractivity contribution is 8.13. The highest BCUT2D eigenvalue weighted by Crippen LogP contribution is 2.42. The van der Waals surface area contributed by atoms with Crippen LogP contribution >= 0.6 is 58.2 Å². The van der Waals surface area contributed by atoms with Gasteiger partial charge in [-0.05, 0) is 6.26 Å². The van der Waals surface area contributed by atoms with Crippen LogP contribution in [0.5, 0.6) is 0 Å². The number of rotatable bonds is 2. The van der Waals surface area contributed by atoms with Gasteiger partial charge in [0.05, 0.1) is 38.3 Å². The van der Waals surface area contributed by atoms with E-state index in [0.29, 0.717) is 0 Å². The van der Waals surface area contributed by atoms with Crippen LogP contribution in [-0.2, 0) is 4.74 Å². The van der Waals surface area contributed by atoms with Gasteiger partial charge in [0, 0.05) is 0 Å². The fourth-order valence-electron chi connectivity index (χ4n) is 1.19. The van der Waals surface area contributed by atoms with Crippen LogP contribution in [0.1, 0.15) is 20.7 Å². The smallest absolute Gasteiger partial charge is 0.341 e. The second-order valence-electron chi connectivity index (χ2n) is 2.99. The van der Waals surface area contributed by atoms with E-state index in [1.807, 2.05) is 0 Å². The van der Waals surface area contributed by atoms with Gasteiger partial charge in [0.15, 0.2) is 0 Å². The van der Waals surface area contributed by atoms with E-state index in [2.05, 4.69) is 4.74 Å². The molecule has 0 atom stereocenters. The lowest BCUT2D eigenvalue weighted by Gasteiger charge is -2.12. The number of carbonyl (C=O) groups excluding carboxylic acids is 2. The molecule has 0 fully saturated rings. The Bertz CT molecular complexity index is 454. The molecular weight excluding hydrogens is 342 g/mol. The van der Waals surface area contributed by atoms with E-state index in [0.717, 1.165) is 18.9 Å². The van der Waals surface area contributed by atoms with Crippen LogP contribution in [-0.4, -0.2) is 24.5 Å². The van der Waals surface area contributed by atoms with Gasteiger partial charge in [-0.2, -0.15) is 0 Å². The normalized spacial score (nSPS) is 10.3. The van der Waals surface area contributed by atoms with Gasteiger partial charge in [0.1, 0.15) is 0 Å². The molecule has 0 aliphatic carbocycles. The summed E-state index contributed by atoms with van der Waals surface area (Å²) < 4.78 is 4.52. The summed E-state index contributed by atoms with van der Waals surface area (Å²) in [6, 6.07) is 0. The number of thioether (sulfide) groups is 1. The molecule has 0 bridgehead atoms. The number of hydrogen-bond acceptors (Lipinski definition) is 4. The number of hydrogen-bond donors (Lipinski definition) is 0. The minimum Gasteiger partial charge on any atom is -0.465 e. The molecule has 1 aromatic rings. The first-order valence-electron chi connectivity index (χ1n) is 4.39. The first kappa shape index (κ1) is 15.9. The van der Waals surface area contributed by atoms with Crippen molar-refractivity contribution in [3.05, 3.63) is 31.2 Å². The minimum atomic E-state index is -0.781. The Morgan fingerprint density at radius 2 is 1.33 bits per heavy atom. The predicted octanol–water partition coefficient (Wildman–Crippen LogP) is 4.59. The van der Waals surface area contributed by atoms with Gasteiger partial charge in [0.2, 0.25) is 5.12 Å². The molecule has 1 rings (SSSR count). The molecule has 0 aliphatic rings. The van der Waals surface area contributed by atoms with E-state index in [4.69, 9.17) is 46.4 Å². The molecule has 8 heteroatoms.